The zero-order valence-corrected chi connectivity index (χ0v) is 9.99. The Hall–Kier alpha value is -1.82. The van der Waals surface area contributed by atoms with Gasteiger partial charge in [0.1, 0.15) is 5.69 Å². The molecule has 0 radical (unpaired) electrons. The molecule has 1 saturated carbocycles. The molecule has 2 atom stereocenters. The van der Waals surface area contributed by atoms with Gasteiger partial charge in [0, 0.05) is 18.3 Å². The van der Waals surface area contributed by atoms with Gasteiger partial charge in [-0.25, -0.2) is 4.98 Å². The van der Waals surface area contributed by atoms with Gasteiger partial charge in [-0.2, -0.15) is 4.98 Å². The van der Waals surface area contributed by atoms with Crippen molar-refractivity contribution in [3.63, 3.8) is 0 Å². The first kappa shape index (κ1) is 11.3. The first-order chi connectivity index (χ1) is 8.88. The van der Waals surface area contributed by atoms with Crippen LogP contribution in [0.2, 0.25) is 0 Å². The van der Waals surface area contributed by atoms with Crippen molar-refractivity contribution in [2.24, 2.45) is 11.7 Å². The van der Waals surface area contributed by atoms with Crippen molar-refractivity contribution in [1.29, 1.82) is 0 Å². The van der Waals surface area contributed by atoms with Crippen LogP contribution in [0.15, 0.2) is 23.1 Å². The summed E-state index contributed by atoms with van der Waals surface area (Å²) in [4.78, 5) is 12.6. The van der Waals surface area contributed by atoms with Gasteiger partial charge in [0.25, 0.3) is 0 Å². The molecule has 2 N–H and O–H groups in total. The van der Waals surface area contributed by atoms with E-state index in [0.717, 1.165) is 12.8 Å². The van der Waals surface area contributed by atoms with E-state index >= 15 is 0 Å². The maximum Gasteiger partial charge on any atom is 0.230 e. The molecule has 94 valence electrons. The second-order valence-corrected chi connectivity index (χ2v) is 4.58. The predicted molar refractivity (Wildman–Crippen MR) is 64.5 cm³/mol. The molecule has 1 aliphatic rings. The molecule has 0 saturated heterocycles. The molecule has 2 heterocycles. The number of hydrogen-bond donors (Lipinski definition) is 1. The summed E-state index contributed by atoms with van der Waals surface area (Å²) in [5, 5.41) is 3.97. The normalized spacial score (nSPS) is 23.4. The van der Waals surface area contributed by atoms with Gasteiger partial charge in [-0.15, -0.1) is 0 Å². The SMILES string of the molecule is NCC1CCCC1c1nc(-c2cnccn2)no1. The number of hydrogen-bond acceptors (Lipinski definition) is 6. The Morgan fingerprint density at radius 1 is 1.33 bits per heavy atom. The summed E-state index contributed by atoms with van der Waals surface area (Å²) >= 11 is 0. The zero-order chi connectivity index (χ0) is 12.4. The van der Waals surface area contributed by atoms with E-state index in [1.807, 2.05) is 0 Å². The number of nitrogens with zero attached hydrogens (tertiary/aromatic N) is 4. The maximum atomic E-state index is 5.77. The Morgan fingerprint density at radius 3 is 3.06 bits per heavy atom. The van der Waals surface area contributed by atoms with Crippen LogP contribution in [0.5, 0.6) is 0 Å². The van der Waals surface area contributed by atoms with Crippen LogP contribution < -0.4 is 5.73 Å². The minimum Gasteiger partial charge on any atom is -0.339 e. The van der Waals surface area contributed by atoms with Crippen molar-refractivity contribution in [3.8, 4) is 11.5 Å². The minimum atomic E-state index is 0.299. The van der Waals surface area contributed by atoms with Gasteiger partial charge >= 0.3 is 0 Å². The lowest BCUT2D eigenvalue weighted by Gasteiger charge is -2.12. The van der Waals surface area contributed by atoms with Gasteiger partial charge in [-0.1, -0.05) is 11.6 Å². The van der Waals surface area contributed by atoms with Crippen LogP contribution in [0.25, 0.3) is 11.5 Å². The topological polar surface area (TPSA) is 90.7 Å². The summed E-state index contributed by atoms with van der Waals surface area (Å²) in [7, 11) is 0. The molecule has 0 spiro atoms. The minimum absolute atomic E-state index is 0.299. The van der Waals surface area contributed by atoms with Crippen LogP contribution in [-0.2, 0) is 0 Å². The molecular formula is C12H15N5O. The Labute approximate surface area is 105 Å². The highest BCUT2D eigenvalue weighted by atomic mass is 16.5. The number of rotatable bonds is 3. The fraction of sp³-hybridized carbons (Fsp3) is 0.500. The molecule has 18 heavy (non-hydrogen) atoms. The fourth-order valence-corrected chi connectivity index (χ4v) is 2.55. The van der Waals surface area contributed by atoms with Crippen LogP contribution >= 0.6 is 0 Å². The van der Waals surface area contributed by atoms with Crippen LogP contribution in [0.3, 0.4) is 0 Å². The van der Waals surface area contributed by atoms with E-state index in [4.69, 9.17) is 10.3 Å². The molecule has 2 unspecified atom stereocenters. The molecule has 0 bridgehead atoms. The first-order valence-corrected chi connectivity index (χ1v) is 6.18. The van der Waals surface area contributed by atoms with Crippen molar-refractivity contribution in [1.82, 2.24) is 20.1 Å². The standard InChI is InChI=1S/C12H15N5O/c13-6-8-2-1-3-9(8)12-16-11(17-18-12)10-7-14-4-5-15-10/h4-5,7-9H,1-3,6,13H2. The zero-order valence-electron chi connectivity index (χ0n) is 9.99. The molecule has 2 aromatic heterocycles. The van der Waals surface area contributed by atoms with Gasteiger partial charge in [0.05, 0.1) is 6.20 Å². The summed E-state index contributed by atoms with van der Waals surface area (Å²) in [6.07, 6.45) is 8.25. The third-order valence-electron chi connectivity index (χ3n) is 3.51. The maximum absolute atomic E-state index is 5.77. The molecule has 1 fully saturated rings. The van der Waals surface area contributed by atoms with Gasteiger partial charge in [0.15, 0.2) is 0 Å². The lowest BCUT2D eigenvalue weighted by Crippen LogP contribution is -2.17. The van der Waals surface area contributed by atoms with Crippen LogP contribution in [0.4, 0.5) is 0 Å². The molecule has 0 aliphatic heterocycles. The summed E-state index contributed by atoms with van der Waals surface area (Å²) < 4.78 is 5.35. The van der Waals surface area contributed by atoms with Gasteiger partial charge in [0.2, 0.25) is 11.7 Å². The first-order valence-electron chi connectivity index (χ1n) is 6.18. The molecule has 0 aromatic carbocycles. The Bertz CT molecular complexity index is 512. The third-order valence-corrected chi connectivity index (χ3v) is 3.51. The molecule has 2 aromatic rings. The fourth-order valence-electron chi connectivity index (χ4n) is 2.55. The van der Waals surface area contributed by atoms with E-state index in [9.17, 15) is 0 Å². The van der Waals surface area contributed by atoms with Crippen LogP contribution in [-0.4, -0.2) is 26.7 Å². The van der Waals surface area contributed by atoms with Crippen LogP contribution in [0, 0.1) is 5.92 Å². The predicted octanol–water partition coefficient (Wildman–Crippen LogP) is 1.37. The summed E-state index contributed by atoms with van der Waals surface area (Å²) in [6.45, 7) is 0.674. The average Bonchev–Trinajstić information content (AvgIpc) is 3.08. The van der Waals surface area contributed by atoms with E-state index in [1.165, 1.54) is 6.42 Å². The van der Waals surface area contributed by atoms with E-state index in [0.29, 0.717) is 35.8 Å². The molecule has 6 nitrogen and oxygen atoms in total. The van der Waals surface area contributed by atoms with Crippen molar-refractivity contribution >= 4 is 0 Å². The highest BCUT2D eigenvalue weighted by Crippen LogP contribution is 2.38. The van der Waals surface area contributed by atoms with Gasteiger partial charge < -0.3 is 10.3 Å². The highest BCUT2D eigenvalue weighted by molar-refractivity contribution is 5.45. The Morgan fingerprint density at radius 2 is 2.28 bits per heavy atom. The van der Waals surface area contributed by atoms with E-state index in [-0.39, 0.29) is 0 Å². The monoisotopic (exact) mass is 245 g/mol. The molecule has 0 amide bonds. The summed E-state index contributed by atoms with van der Waals surface area (Å²) in [5.41, 5.74) is 6.40. The molecule has 1 aliphatic carbocycles. The second kappa shape index (κ2) is 4.81. The molecule has 6 heteroatoms. The van der Waals surface area contributed by atoms with Gasteiger partial charge in [-0.3, -0.25) is 4.98 Å². The summed E-state index contributed by atoms with van der Waals surface area (Å²) in [5.74, 6) is 1.94. The van der Waals surface area contributed by atoms with Crippen molar-refractivity contribution in [2.75, 3.05) is 6.54 Å². The molecular weight excluding hydrogens is 230 g/mol. The lowest BCUT2D eigenvalue weighted by atomic mass is 9.96. The lowest BCUT2D eigenvalue weighted by molar-refractivity contribution is 0.326. The third kappa shape index (κ3) is 1.99. The van der Waals surface area contributed by atoms with E-state index < -0.39 is 0 Å². The Balaban J connectivity index is 1.86. The largest absolute Gasteiger partial charge is 0.339 e. The van der Waals surface area contributed by atoms with Gasteiger partial charge in [-0.05, 0) is 25.3 Å². The van der Waals surface area contributed by atoms with Crippen molar-refractivity contribution in [3.05, 3.63) is 24.5 Å². The van der Waals surface area contributed by atoms with E-state index in [2.05, 4.69) is 20.1 Å². The second-order valence-electron chi connectivity index (χ2n) is 4.58. The van der Waals surface area contributed by atoms with Crippen LogP contribution in [0.1, 0.15) is 31.1 Å². The number of nitrogens with two attached hydrogens (primary N) is 1. The smallest absolute Gasteiger partial charge is 0.230 e. The Kier molecular flexibility index (Phi) is 3.02. The number of aromatic nitrogens is 4. The quantitative estimate of drug-likeness (QED) is 0.878. The molecule has 3 rings (SSSR count). The highest BCUT2D eigenvalue weighted by Gasteiger charge is 2.32. The van der Waals surface area contributed by atoms with Crippen molar-refractivity contribution < 1.29 is 4.52 Å². The van der Waals surface area contributed by atoms with E-state index in [1.54, 1.807) is 18.6 Å². The average molecular weight is 245 g/mol. The van der Waals surface area contributed by atoms with Crippen molar-refractivity contribution in [2.45, 2.75) is 25.2 Å². The summed E-state index contributed by atoms with van der Waals surface area (Å²) in [6, 6.07) is 0.